The Morgan fingerprint density at radius 1 is 1.00 bits per heavy atom. The van der Waals surface area contributed by atoms with Gasteiger partial charge >= 0.3 is 0 Å². The number of ketones is 1. The first-order valence-electron chi connectivity index (χ1n) is 12.1. The summed E-state index contributed by atoms with van der Waals surface area (Å²) in [5, 5.41) is 12.3. The van der Waals surface area contributed by atoms with Gasteiger partial charge in [-0.25, -0.2) is 4.98 Å². The standard InChI is InChI=1S/C30H25ClN2O5S/c1-16-20(31)11-8-12-21(16)33-25(19-13-14-22(37-3)23(15-19)38-4)24(27(35)30(33)36)26(34)28-17(2)32-29(39-28)18-9-6-5-7-10-18/h5-15,25,35H,1-4H3. The number of halogens is 1. The Balaban J connectivity index is 1.68. The molecule has 1 aliphatic heterocycles. The van der Waals surface area contributed by atoms with Gasteiger partial charge in [0.25, 0.3) is 5.91 Å². The molecule has 5 rings (SSSR count). The van der Waals surface area contributed by atoms with Gasteiger partial charge in [0.05, 0.1) is 36.4 Å². The third kappa shape index (κ3) is 4.56. The lowest BCUT2D eigenvalue weighted by molar-refractivity contribution is -0.117. The average molecular weight is 561 g/mol. The van der Waals surface area contributed by atoms with E-state index in [0.29, 0.717) is 48.9 Å². The van der Waals surface area contributed by atoms with E-state index in [1.165, 1.54) is 30.5 Å². The number of aliphatic hydroxyl groups excluding tert-OH is 1. The van der Waals surface area contributed by atoms with E-state index in [1.807, 2.05) is 30.3 Å². The summed E-state index contributed by atoms with van der Waals surface area (Å²) in [6.45, 7) is 3.53. The van der Waals surface area contributed by atoms with Crippen molar-refractivity contribution >= 4 is 40.3 Å². The molecule has 0 saturated heterocycles. The molecule has 1 N–H and O–H groups in total. The number of anilines is 1. The number of ether oxygens (including phenoxy) is 2. The molecule has 0 fully saturated rings. The highest BCUT2D eigenvalue weighted by molar-refractivity contribution is 7.17. The van der Waals surface area contributed by atoms with Crippen LogP contribution in [0.15, 0.2) is 78.1 Å². The minimum Gasteiger partial charge on any atom is -0.503 e. The summed E-state index contributed by atoms with van der Waals surface area (Å²) in [5.41, 5.74) is 3.02. The van der Waals surface area contributed by atoms with Gasteiger partial charge in [0.2, 0.25) is 5.78 Å². The van der Waals surface area contributed by atoms with Crippen LogP contribution in [0.25, 0.3) is 10.6 Å². The highest BCUT2D eigenvalue weighted by atomic mass is 35.5. The van der Waals surface area contributed by atoms with Crippen LogP contribution in [0.3, 0.4) is 0 Å². The highest BCUT2D eigenvalue weighted by Gasteiger charge is 2.46. The Morgan fingerprint density at radius 2 is 1.72 bits per heavy atom. The maximum atomic E-state index is 14.2. The van der Waals surface area contributed by atoms with E-state index in [0.717, 1.165) is 5.56 Å². The average Bonchev–Trinajstić information content (AvgIpc) is 3.47. The van der Waals surface area contributed by atoms with Crippen LogP contribution in [0.5, 0.6) is 11.5 Å². The number of aliphatic hydroxyl groups is 1. The number of amides is 1. The summed E-state index contributed by atoms with van der Waals surface area (Å²) in [4.78, 5) is 34.2. The number of methoxy groups -OCH3 is 2. The molecule has 1 aromatic heterocycles. The zero-order valence-corrected chi connectivity index (χ0v) is 23.3. The lowest BCUT2D eigenvalue weighted by Gasteiger charge is -2.29. The van der Waals surface area contributed by atoms with E-state index >= 15 is 0 Å². The second-order valence-electron chi connectivity index (χ2n) is 8.97. The molecule has 198 valence electrons. The maximum Gasteiger partial charge on any atom is 0.294 e. The molecule has 39 heavy (non-hydrogen) atoms. The number of rotatable bonds is 7. The number of hydrogen-bond acceptors (Lipinski definition) is 7. The second-order valence-corrected chi connectivity index (χ2v) is 10.4. The van der Waals surface area contributed by atoms with Gasteiger partial charge in [-0.15, -0.1) is 11.3 Å². The van der Waals surface area contributed by atoms with Crippen molar-refractivity contribution in [3.63, 3.8) is 0 Å². The summed E-state index contributed by atoms with van der Waals surface area (Å²) < 4.78 is 10.9. The Hall–Kier alpha value is -4.14. The van der Waals surface area contributed by atoms with Gasteiger partial charge in [0.1, 0.15) is 5.01 Å². The molecule has 7 nitrogen and oxygen atoms in total. The van der Waals surface area contributed by atoms with Gasteiger partial charge in [0.15, 0.2) is 17.3 Å². The summed E-state index contributed by atoms with van der Waals surface area (Å²) >= 11 is 7.63. The molecule has 0 saturated carbocycles. The predicted octanol–water partition coefficient (Wildman–Crippen LogP) is 6.88. The number of aromatic nitrogens is 1. The number of carbonyl (C=O) groups excluding carboxylic acids is 2. The molecule has 9 heteroatoms. The van der Waals surface area contributed by atoms with Crippen LogP contribution < -0.4 is 14.4 Å². The minimum atomic E-state index is -0.955. The van der Waals surface area contributed by atoms with Crippen LogP contribution in [0, 0.1) is 13.8 Å². The molecule has 1 aliphatic rings. The van der Waals surface area contributed by atoms with Gasteiger partial charge in [-0.2, -0.15) is 0 Å². The van der Waals surface area contributed by atoms with Crippen molar-refractivity contribution in [3.8, 4) is 22.1 Å². The van der Waals surface area contributed by atoms with Crippen molar-refractivity contribution in [1.82, 2.24) is 4.98 Å². The molecular formula is C30H25ClN2O5S. The van der Waals surface area contributed by atoms with Crippen LogP contribution in [0.2, 0.25) is 5.02 Å². The normalized spacial score (nSPS) is 15.2. The summed E-state index contributed by atoms with van der Waals surface area (Å²) in [5.74, 6) is -0.881. The highest BCUT2D eigenvalue weighted by Crippen LogP contribution is 2.46. The van der Waals surface area contributed by atoms with Crippen LogP contribution >= 0.6 is 22.9 Å². The Morgan fingerprint density at radius 3 is 2.41 bits per heavy atom. The summed E-state index contributed by atoms with van der Waals surface area (Å²) in [6.07, 6.45) is 0. The SMILES string of the molecule is COc1ccc(C2C(C(=O)c3sc(-c4ccccc4)nc3C)=C(O)C(=O)N2c2cccc(Cl)c2C)cc1OC. The quantitative estimate of drug-likeness (QED) is 0.248. The van der Waals surface area contributed by atoms with Crippen LogP contribution in [0.4, 0.5) is 5.69 Å². The van der Waals surface area contributed by atoms with E-state index < -0.39 is 23.5 Å². The number of benzene rings is 3. The third-order valence-electron chi connectivity index (χ3n) is 6.70. The number of hydrogen-bond donors (Lipinski definition) is 1. The smallest absolute Gasteiger partial charge is 0.294 e. The van der Waals surface area contributed by atoms with Crippen molar-refractivity contribution in [1.29, 1.82) is 0 Å². The molecule has 4 aromatic rings. The molecule has 0 radical (unpaired) electrons. The Kier molecular flexibility index (Phi) is 7.16. The lowest BCUT2D eigenvalue weighted by atomic mass is 9.94. The zero-order valence-electron chi connectivity index (χ0n) is 21.7. The topological polar surface area (TPSA) is 89.0 Å². The van der Waals surface area contributed by atoms with Gasteiger partial charge in [-0.1, -0.05) is 54.1 Å². The van der Waals surface area contributed by atoms with Crippen LogP contribution in [-0.4, -0.2) is 36.0 Å². The van der Waals surface area contributed by atoms with Gasteiger partial charge < -0.3 is 14.6 Å². The predicted molar refractivity (Wildman–Crippen MR) is 152 cm³/mol. The van der Waals surface area contributed by atoms with Crippen molar-refractivity contribution in [2.45, 2.75) is 19.9 Å². The summed E-state index contributed by atoms with van der Waals surface area (Å²) in [7, 11) is 3.03. The molecule has 0 aliphatic carbocycles. The number of Topliss-reactive ketones (excluding diaryl/α,β-unsaturated/α-hetero) is 1. The maximum absolute atomic E-state index is 14.2. The molecular weight excluding hydrogens is 536 g/mol. The van der Waals surface area contributed by atoms with Crippen LogP contribution in [0.1, 0.15) is 32.5 Å². The third-order valence-corrected chi connectivity index (χ3v) is 8.31. The Labute approximate surface area is 234 Å². The fourth-order valence-corrected chi connectivity index (χ4v) is 5.91. The van der Waals surface area contributed by atoms with Crippen LogP contribution in [-0.2, 0) is 4.79 Å². The monoisotopic (exact) mass is 560 g/mol. The number of carbonyl (C=O) groups is 2. The molecule has 1 unspecified atom stereocenters. The molecule has 0 spiro atoms. The lowest BCUT2D eigenvalue weighted by Crippen LogP contribution is -2.31. The van der Waals surface area contributed by atoms with E-state index in [1.54, 1.807) is 50.2 Å². The number of aryl methyl sites for hydroxylation is 1. The van der Waals surface area contributed by atoms with Crippen molar-refractivity contribution in [3.05, 3.63) is 105 Å². The first-order chi connectivity index (χ1) is 18.8. The van der Waals surface area contributed by atoms with Crippen molar-refractivity contribution < 1.29 is 24.2 Å². The van der Waals surface area contributed by atoms with Crippen molar-refractivity contribution in [2.75, 3.05) is 19.1 Å². The largest absolute Gasteiger partial charge is 0.503 e. The first-order valence-corrected chi connectivity index (χ1v) is 13.3. The minimum absolute atomic E-state index is 0.0436. The van der Waals surface area contributed by atoms with Gasteiger partial charge in [-0.3, -0.25) is 14.5 Å². The number of nitrogens with zero attached hydrogens (tertiary/aromatic N) is 2. The first kappa shape index (κ1) is 26.5. The van der Waals surface area contributed by atoms with E-state index in [-0.39, 0.29) is 5.57 Å². The molecule has 0 bridgehead atoms. The second kappa shape index (κ2) is 10.6. The number of thiazole rings is 1. The fraction of sp³-hybridized carbons (Fsp3) is 0.167. The molecule has 1 atom stereocenters. The fourth-order valence-electron chi connectivity index (χ4n) is 4.71. The van der Waals surface area contributed by atoms with Gasteiger partial charge in [0, 0.05) is 16.3 Å². The molecule has 2 heterocycles. The molecule has 1 amide bonds. The van der Waals surface area contributed by atoms with E-state index in [4.69, 9.17) is 21.1 Å². The summed E-state index contributed by atoms with van der Waals surface area (Å²) in [6, 6.07) is 18.9. The van der Waals surface area contributed by atoms with Crippen molar-refractivity contribution in [2.24, 2.45) is 0 Å². The van der Waals surface area contributed by atoms with E-state index in [2.05, 4.69) is 4.98 Å². The van der Waals surface area contributed by atoms with Gasteiger partial charge in [-0.05, 0) is 49.2 Å². The Bertz CT molecular complexity index is 1630. The zero-order chi connectivity index (χ0) is 27.8. The van der Waals surface area contributed by atoms with E-state index in [9.17, 15) is 14.7 Å². The molecule has 3 aromatic carbocycles.